The van der Waals surface area contributed by atoms with Gasteiger partial charge >= 0.3 is 0 Å². The van der Waals surface area contributed by atoms with Gasteiger partial charge in [0.15, 0.2) is 0 Å². The highest BCUT2D eigenvalue weighted by Gasteiger charge is 2.12. The zero-order chi connectivity index (χ0) is 10.5. The van der Waals surface area contributed by atoms with E-state index in [0.29, 0.717) is 6.04 Å². The van der Waals surface area contributed by atoms with Gasteiger partial charge in [-0.2, -0.15) is 0 Å². The number of nitrogens with zero attached hydrogens (tertiary/aromatic N) is 1. The Hall–Kier alpha value is -1.09. The fourth-order valence-corrected chi connectivity index (χ4v) is 1.99. The molecule has 0 aromatic carbocycles. The lowest BCUT2D eigenvalue weighted by molar-refractivity contribution is 0.414. The third kappa shape index (κ3) is 2.93. The molecule has 82 valence electrons. The van der Waals surface area contributed by atoms with Crippen molar-refractivity contribution in [1.29, 1.82) is 0 Å². The molecule has 1 aliphatic heterocycles. The number of hydrogen-bond acceptors (Lipinski definition) is 3. The molecule has 0 spiro atoms. The number of hydrogen-bond donors (Lipinski definition) is 2. The SMILES string of the molecule is Cc1cccnc1NCC1CCCCN1. The number of rotatable bonds is 3. The molecular weight excluding hydrogens is 186 g/mol. The van der Waals surface area contributed by atoms with E-state index in [2.05, 4.69) is 28.6 Å². The summed E-state index contributed by atoms with van der Waals surface area (Å²) in [6.45, 7) is 4.23. The fraction of sp³-hybridized carbons (Fsp3) is 0.583. The Balaban J connectivity index is 1.84. The Labute approximate surface area is 91.3 Å². The molecule has 0 bridgehead atoms. The van der Waals surface area contributed by atoms with Crippen LogP contribution < -0.4 is 10.6 Å². The van der Waals surface area contributed by atoms with Gasteiger partial charge in [0.2, 0.25) is 0 Å². The van der Waals surface area contributed by atoms with Crippen LogP contribution >= 0.6 is 0 Å². The van der Waals surface area contributed by atoms with Crippen molar-refractivity contribution in [2.45, 2.75) is 32.2 Å². The maximum absolute atomic E-state index is 4.32. The standard InChI is InChI=1S/C12H19N3/c1-10-5-4-8-14-12(10)15-9-11-6-2-3-7-13-11/h4-5,8,11,13H,2-3,6-7,9H2,1H3,(H,14,15). The van der Waals surface area contributed by atoms with Crippen molar-refractivity contribution in [2.24, 2.45) is 0 Å². The zero-order valence-corrected chi connectivity index (χ0v) is 9.29. The summed E-state index contributed by atoms with van der Waals surface area (Å²) in [5, 5.41) is 6.93. The number of anilines is 1. The first-order chi connectivity index (χ1) is 7.36. The smallest absolute Gasteiger partial charge is 0.128 e. The second-order valence-corrected chi connectivity index (χ2v) is 4.20. The minimum absolute atomic E-state index is 0.611. The van der Waals surface area contributed by atoms with Crippen LogP contribution in [-0.4, -0.2) is 24.1 Å². The molecule has 0 aliphatic carbocycles. The lowest BCUT2D eigenvalue weighted by atomic mass is 10.1. The van der Waals surface area contributed by atoms with Crippen molar-refractivity contribution < 1.29 is 0 Å². The molecule has 1 aromatic rings. The van der Waals surface area contributed by atoms with E-state index in [4.69, 9.17) is 0 Å². The molecule has 0 amide bonds. The predicted molar refractivity (Wildman–Crippen MR) is 63.1 cm³/mol. The molecule has 3 nitrogen and oxygen atoms in total. The van der Waals surface area contributed by atoms with Crippen LogP contribution in [0.15, 0.2) is 18.3 Å². The topological polar surface area (TPSA) is 37.0 Å². The normalized spacial score (nSPS) is 21.3. The Morgan fingerprint density at radius 3 is 3.20 bits per heavy atom. The van der Waals surface area contributed by atoms with Crippen molar-refractivity contribution in [3.05, 3.63) is 23.9 Å². The number of aryl methyl sites for hydroxylation is 1. The van der Waals surface area contributed by atoms with Crippen LogP contribution in [0.1, 0.15) is 24.8 Å². The van der Waals surface area contributed by atoms with Crippen LogP contribution in [-0.2, 0) is 0 Å². The van der Waals surface area contributed by atoms with E-state index in [0.717, 1.165) is 18.9 Å². The molecule has 1 fully saturated rings. The van der Waals surface area contributed by atoms with Gasteiger partial charge in [0.1, 0.15) is 5.82 Å². The minimum Gasteiger partial charge on any atom is -0.368 e. The van der Waals surface area contributed by atoms with Crippen LogP contribution in [0.3, 0.4) is 0 Å². The number of pyridine rings is 1. The fourth-order valence-electron chi connectivity index (χ4n) is 1.99. The van der Waals surface area contributed by atoms with E-state index in [-0.39, 0.29) is 0 Å². The summed E-state index contributed by atoms with van der Waals surface area (Å²) in [6, 6.07) is 4.67. The summed E-state index contributed by atoms with van der Waals surface area (Å²) in [7, 11) is 0. The van der Waals surface area contributed by atoms with E-state index in [1.165, 1.54) is 24.8 Å². The second kappa shape index (κ2) is 5.12. The molecule has 15 heavy (non-hydrogen) atoms. The molecule has 0 saturated carbocycles. The lowest BCUT2D eigenvalue weighted by Gasteiger charge is -2.24. The summed E-state index contributed by atoms with van der Waals surface area (Å²) in [5.41, 5.74) is 1.22. The Kier molecular flexibility index (Phi) is 3.56. The average molecular weight is 205 g/mol. The van der Waals surface area contributed by atoms with E-state index < -0.39 is 0 Å². The first kappa shape index (κ1) is 10.4. The molecule has 1 atom stereocenters. The van der Waals surface area contributed by atoms with Crippen molar-refractivity contribution in [3.8, 4) is 0 Å². The molecule has 1 unspecified atom stereocenters. The van der Waals surface area contributed by atoms with Crippen LogP contribution in [0.25, 0.3) is 0 Å². The van der Waals surface area contributed by atoms with Crippen LogP contribution in [0.5, 0.6) is 0 Å². The molecule has 2 heterocycles. The van der Waals surface area contributed by atoms with E-state index in [1.54, 1.807) is 0 Å². The highest BCUT2D eigenvalue weighted by molar-refractivity contribution is 5.42. The molecule has 2 rings (SSSR count). The van der Waals surface area contributed by atoms with Crippen molar-refractivity contribution in [3.63, 3.8) is 0 Å². The van der Waals surface area contributed by atoms with Crippen LogP contribution in [0.2, 0.25) is 0 Å². The largest absolute Gasteiger partial charge is 0.368 e. The Morgan fingerprint density at radius 1 is 1.53 bits per heavy atom. The van der Waals surface area contributed by atoms with Gasteiger partial charge in [-0.3, -0.25) is 0 Å². The maximum atomic E-state index is 4.32. The third-order valence-electron chi connectivity index (χ3n) is 2.94. The van der Waals surface area contributed by atoms with Gasteiger partial charge in [0.25, 0.3) is 0 Å². The Bertz CT molecular complexity index is 305. The average Bonchev–Trinajstić information content (AvgIpc) is 2.29. The highest BCUT2D eigenvalue weighted by atomic mass is 15.0. The molecule has 3 heteroatoms. The van der Waals surface area contributed by atoms with Crippen LogP contribution in [0.4, 0.5) is 5.82 Å². The first-order valence-corrected chi connectivity index (χ1v) is 5.75. The van der Waals surface area contributed by atoms with Crippen molar-refractivity contribution in [1.82, 2.24) is 10.3 Å². The summed E-state index contributed by atoms with van der Waals surface area (Å²) >= 11 is 0. The third-order valence-corrected chi connectivity index (χ3v) is 2.94. The van der Waals surface area contributed by atoms with Gasteiger partial charge in [-0.25, -0.2) is 4.98 Å². The molecule has 0 radical (unpaired) electrons. The van der Waals surface area contributed by atoms with Gasteiger partial charge in [-0.05, 0) is 37.9 Å². The molecule has 1 aromatic heterocycles. The van der Waals surface area contributed by atoms with Gasteiger partial charge in [0, 0.05) is 18.8 Å². The van der Waals surface area contributed by atoms with Gasteiger partial charge < -0.3 is 10.6 Å². The van der Waals surface area contributed by atoms with E-state index >= 15 is 0 Å². The predicted octanol–water partition coefficient (Wildman–Crippen LogP) is 1.94. The Morgan fingerprint density at radius 2 is 2.47 bits per heavy atom. The quantitative estimate of drug-likeness (QED) is 0.792. The van der Waals surface area contributed by atoms with Gasteiger partial charge in [0.05, 0.1) is 0 Å². The van der Waals surface area contributed by atoms with Crippen molar-refractivity contribution >= 4 is 5.82 Å². The number of piperidine rings is 1. The second-order valence-electron chi connectivity index (χ2n) is 4.20. The number of aromatic nitrogens is 1. The van der Waals surface area contributed by atoms with Crippen molar-refractivity contribution in [2.75, 3.05) is 18.4 Å². The monoisotopic (exact) mass is 205 g/mol. The number of nitrogens with one attached hydrogen (secondary N) is 2. The van der Waals surface area contributed by atoms with Gasteiger partial charge in [-0.15, -0.1) is 0 Å². The van der Waals surface area contributed by atoms with E-state index in [9.17, 15) is 0 Å². The first-order valence-electron chi connectivity index (χ1n) is 5.75. The van der Waals surface area contributed by atoms with E-state index in [1.807, 2.05) is 12.3 Å². The minimum atomic E-state index is 0.611. The lowest BCUT2D eigenvalue weighted by Crippen LogP contribution is -2.39. The summed E-state index contributed by atoms with van der Waals surface area (Å²) < 4.78 is 0. The van der Waals surface area contributed by atoms with Crippen LogP contribution in [0, 0.1) is 6.92 Å². The molecule has 2 N–H and O–H groups in total. The summed E-state index contributed by atoms with van der Waals surface area (Å²) in [4.78, 5) is 4.32. The van der Waals surface area contributed by atoms with Gasteiger partial charge in [-0.1, -0.05) is 12.5 Å². The molecule has 1 saturated heterocycles. The highest BCUT2D eigenvalue weighted by Crippen LogP contribution is 2.11. The summed E-state index contributed by atoms with van der Waals surface area (Å²) in [6.07, 6.45) is 5.78. The summed E-state index contributed by atoms with van der Waals surface area (Å²) in [5.74, 6) is 1.02. The molecular formula is C12H19N3. The molecule has 1 aliphatic rings. The zero-order valence-electron chi connectivity index (χ0n) is 9.29. The maximum Gasteiger partial charge on any atom is 0.128 e.